The predicted octanol–water partition coefficient (Wildman–Crippen LogP) is 2.16. The van der Waals surface area contributed by atoms with E-state index in [1.54, 1.807) is 29.3 Å². The van der Waals surface area contributed by atoms with Gasteiger partial charge >= 0.3 is 0 Å². The number of aromatic nitrogens is 1. The summed E-state index contributed by atoms with van der Waals surface area (Å²) in [6.07, 6.45) is 3.03. The Morgan fingerprint density at radius 3 is 2.68 bits per heavy atom. The van der Waals surface area contributed by atoms with Gasteiger partial charge in [0, 0.05) is 43.4 Å². The van der Waals surface area contributed by atoms with Crippen molar-refractivity contribution in [3.8, 4) is 6.07 Å². The Morgan fingerprint density at radius 2 is 2.00 bits per heavy atom. The van der Waals surface area contributed by atoms with E-state index < -0.39 is 0 Å². The van der Waals surface area contributed by atoms with Crippen molar-refractivity contribution in [1.29, 1.82) is 5.26 Å². The monoisotopic (exact) mass is 334 g/mol. The van der Waals surface area contributed by atoms with Crippen LogP contribution in [0.1, 0.15) is 28.9 Å². The summed E-state index contributed by atoms with van der Waals surface area (Å²) in [4.78, 5) is 31.6. The minimum absolute atomic E-state index is 0.00820. The number of amides is 2. The van der Waals surface area contributed by atoms with E-state index in [9.17, 15) is 9.59 Å². The molecule has 0 saturated carbocycles. The Bertz CT molecular complexity index is 851. The molecule has 126 valence electrons. The third-order valence-electron chi connectivity index (χ3n) is 5.18. The van der Waals surface area contributed by atoms with Gasteiger partial charge in [-0.3, -0.25) is 9.59 Å². The van der Waals surface area contributed by atoms with E-state index in [4.69, 9.17) is 5.26 Å². The Balaban J connectivity index is 1.50. The number of benzene rings is 1. The van der Waals surface area contributed by atoms with Crippen LogP contribution in [0.3, 0.4) is 0 Å². The van der Waals surface area contributed by atoms with E-state index in [1.807, 2.05) is 23.1 Å². The molecule has 2 fully saturated rings. The van der Waals surface area contributed by atoms with Gasteiger partial charge in [-0.1, -0.05) is 0 Å². The number of aromatic amines is 1. The Morgan fingerprint density at radius 1 is 1.20 bits per heavy atom. The lowest BCUT2D eigenvalue weighted by molar-refractivity contribution is -0.117. The van der Waals surface area contributed by atoms with Gasteiger partial charge in [0.1, 0.15) is 5.69 Å². The van der Waals surface area contributed by atoms with E-state index in [1.165, 1.54) is 0 Å². The third-order valence-corrected chi connectivity index (χ3v) is 5.18. The molecular formula is C19H18N4O2. The number of nitriles is 1. The Kier molecular flexibility index (Phi) is 3.57. The lowest BCUT2D eigenvalue weighted by Gasteiger charge is -2.24. The number of hydrogen-bond acceptors (Lipinski definition) is 3. The minimum atomic E-state index is -0.173. The van der Waals surface area contributed by atoms with Crippen molar-refractivity contribution in [3.05, 3.63) is 53.9 Å². The molecule has 0 bridgehead atoms. The van der Waals surface area contributed by atoms with Gasteiger partial charge in [0.05, 0.1) is 11.6 Å². The summed E-state index contributed by atoms with van der Waals surface area (Å²) in [6.45, 7) is 1.89. The van der Waals surface area contributed by atoms with Gasteiger partial charge in [0.2, 0.25) is 5.91 Å². The third kappa shape index (κ3) is 2.68. The molecule has 1 atom stereocenters. The van der Waals surface area contributed by atoms with E-state index >= 15 is 0 Å². The zero-order valence-corrected chi connectivity index (χ0v) is 13.7. The van der Waals surface area contributed by atoms with Crippen molar-refractivity contribution in [2.75, 3.05) is 24.5 Å². The summed E-state index contributed by atoms with van der Waals surface area (Å²) < 4.78 is 0. The second-order valence-corrected chi connectivity index (χ2v) is 6.88. The number of nitrogens with zero attached hydrogens (tertiary/aromatic N) is 3. The molecule has 1 unspecified atom stereocenters. The number of anilines is 1. The van der Waals surface area contributed by atoms with Gasteiger partial charge in [-0.15, -0.1) is 0 Å². The number of rotatable bonds is 2. The molecule has 4 rings (SSSR count). The molecular weight excluding hydrogens is 316 g/mol. The molecule has 2 amide bonds. The fourth-order valence-corrected chi connectivity index (χ4v) is 3.86. The van der Waals surface area contributed by atoms with Crippen molar-refractivity contribution in [3.63, 3.8) is 0 Å². The highest BCUT2D eigenvalue weighted by atomic mass is 16.2. The largest absolute Gasteiger partial charge is 0.357 e. The molecule has 0 aliphatic carbocycles. The van der Waals surface area contributed by atoms with Gasteiger partial charge in [-0.25, -0.2) is 0 Å². The summed E-state index contributed by atoms with van der Waals surface area (Å²) in [5.74, 6) is 0.0741. The molecule has 2 aliphatic heterocycles. The van der Waals surface area contributed by atoms with Gasteiger partial charge in [-0.2, -0.15) is 5.26 Å². The smallest absolute Gasteiger partial charge is 0.270 e. The first kappa shape index (κ1) is 15.5. The molecule has 2 saturated heterocycles. The van der Waals surface area contributed by atoms with E-state index in [0.717, 1.165) is 12.1 Å². The summed E-state index contributed by atoms with van der Waals surface area (Å²) in [6, 6.07) is 12.7. The van der Waals surface area contributed by atoms with E-state index in [0.29, 0.717) is 37.3 Å². The van der Waals surface area contributed by atoms with Crippen LogP contribution < -0.4 is 4.90 Å². The number of likely N-dealkylation sites (tertiary alicyclic amines) is 1. The van der Waals surface area contributed by atoms with Crippen LogP contribution >= 0.6 is 0 Å². The van der Waals surface area contributed by atoms with Gasteiger partial charge in [-0.05, 0) is 42.8 Å². The second-order valence-electron chi connectivity index (χ2n) is 6.88. The summed E-state index contributed by atoms with van der Waals surface area (Å²) in [7, 11) is 0. The first-order valence-corrected chi connectivity index (χ1v) is 8.33. The van der Waals surface area contributed by atoms with Gasteiger partial charge in [0.15, 0.2) is 0 Å². The fraction of sp³-hybridized carbons (Fsp3) is 0.316. The minimum Gasteiger partial charge on any atom is -0.357 e. The molecule has 2 aromatic rings. The highest BCUT2D eigenvalue weighted by Crippen LogP contribution is 2.42. The lowest BCUT2D eigenvalue weighted by atomic mass is 9.86. The highest BCUT2D eigenvalue weighted by molar-refractivity contribution is 5.97. The maximum atomic E-state index is 12.5. The van der Waals surface area contributed by atoms with Crippen LogP contribution in [0.15, 0.2) is 42.6 Å². The summed E-state index contributed by atoms with van der Waals surface area (Å²) in [5, 5.41) is 8.90. The van der Waals surface area contributed by atoms with Crippen LogP contribution in [0.5, 0.6) is 0 Å². The SMILES string of the molecule is N#Cc1ccc(N2CC3(CCN(C(=O)c4ccc[nH]4)C3)CC2=O)cc1. The standard InChI is InChI=1S/C19H18N4O2/c20-11-14-3-5-15(6-4-14)23-13-19(10-17(23)24)7-9-22(12-19)18(25)16-2-1-8-21-16/h1-6,8,21H,7,9-10,12-13H2. The number of H-pyrrole nitrogens is 1. The highest BCUT2D eigenvalue weighted by Gasteiger charge is 2.48. The van der Waals surface area contributed by atoms with Crippen LogP contribution in [0.2, 0.25) is 0 Å². The maximum Gasteiger partial charge on any atom is 0.270 e. The molecule has 1 N–H and O–H groups in total. The van der Waals surface area contributed by atoms with Crippen molar-refractivity contribution in [2.24, 2.45) is 5.41 Å². The van der Waals surface area contributed by atoms with Crippen molar-refractivity contribution >= 4 is 17.5 Å². The number of carbonyl (C=O) groups is 2. The number of carbonyl (C=O) groups excluding carboxylic acids is 2. The van der Waals surface area contributed by atoms with E-state index in [-0.39, 0.29) is 17.2 Å². The second kappa shape index (κ2) is 5.78. The number of nitrogens with one attached hydrogen (secondary N) is 1. The van der Waals surface area contributed by atoms with Crippen LogP contribution in [0.25, 0.3) is 0 Å². The molecule has 1 spiro atoms. The van der Waals surface area contributed by atoms with Crippen LogP contribution in [0, 0.1) is 16.7 Å². The number of hydrogen-bond donors (Lipinski definition) is 1. The fourth-order valence-electron chi connectivity index (χ4n) is 3.86. The zero-order chi connectivity index (χ0) is 17.4. The average molecular weight is 334 g/mol. The summed E-state index contributed by atoms with van der Waals surface area (Å²) in [5.41, 5.74) is 1.81. The van der Waals surface area contributed by atoms with Crippen molar-refractivity contribution in [2.45, 2.75) is 12.8 Å². The zero-order valence-electron chi connectivity index (χ0n) is 13.7. The molecule has 25 heavy (non-hydrogen) atoms. The van der Waals surface area contributed by atoms with Crippen molar-refractivity contribution in [1.82, 2.24) is 9.88 Å². The molecule has 0 radical (unpaired) electrons. The average Bonchev–Trinajstić information content (AvgIpc) is 3.36. The van der Waals surface area contributed by atoms with Crippen LogP contribution in [-0.2, 0) is 4.79 Å². The first-order valence-electron chi connectivity index (χ1n) is 8.33. The quantitative estimate of drug-likeness (QED) is 0.914. The van der Waals surface area contributed by atoms with Crippen molar-refractivity contribution < 1.29 is 9.59 Å². The molecule has 6 heteroatoms. The molecule has 6 nitrogen and oxygen atoms in total. The Labute approximate surface area is 145 Å². The van der Waals surface area contributed by atoms with E-state index in [2.05, 4.69) is 11.1 Å². The summed E-state index contributed by atoms with van der Waals surface area (Å²) >= 11 is 0. The molecule has 2 aliphatic rings. The van der Waals surface area contributed by atoms with Crippen LogP contribution in [0.4, 0.5) is 5.69 Å². The lowest BCUT2D eigenvalue weighted by Crippen LogP contribution is -2.34. The first-order chi connectivity index (χ1) is 12.1. The molecule has 3 heterocycles. The predicted molar refractivity (Wildman–Crippen MR) is 91.9 cm³/mol. The van der Waals surface area contributed by atoms with Gasteiger partial charge in [0.25, 0.3) is 5.91 Å². The topological polar surface area (TPSA) is 80.2 Å². The molecule has 1 aromatic carbocycles. The molecule has 1 aromatic heterocycles. The Hall–Kier alpha value is -3.07. The van der Waals surface area contributed by atoms with Gasteiger partial charge < -0.3 is 14.8 Å². The van der Waals surface area contributed by atoms with Crippen LogP contribution in [-0.4, -0.2) is 41.3 Å². The maximum absolute atomic E-state index is 12.5. The normalized spacial score (nSPS) is 22.6.